The summed E-state index contributed by atoms with van der Waals surface area (Å²) in [6, 6.07) is 5.65. The number of rotatable bonds is 3. The number of hydrogen-bond donors (Lipinski definition) is 1. The molecule has 1 N–H and O–H groups in total. The number of pyridine rings is 2. The van der Waals surface area contributed by atoms with Crippen LogP contribution in [0, 0.1) is 0 Å². The van der Waals surface area contributed by atoms with E-state index in [9.17, 15) is 5.11 Å². The number of aromatic nitrogens is 2. The number of ether oxygens (including phenoxy) is 1. The van der Waals surface area contributed by atoms with E-state index in [0.29, 0.717) is 11.4 Å². The highest BCUT2D eigenvalue weighted by atomic mass is 16.5. The molecule has 0 aliphatic heterocycles. The molecule has 0 fully saturated rings. The van der Waals surface area contributed by atoms with E-state index in [1.54, 1.807) is 18.6 Å². The normalized spacial score (nSPS) is 10.1. The van der Waals surface area contributed by atoms with Crippen molar-refractivity contribution in [2.75, 3.05) is 7.11 Å². The molecule has 0 saturated carbocycles. The van der Waals surface area contributed by atoms with Crippen molar-refractivity contribution in [3.8, 4) is 17.0 Å². The predicted molar refractivity (Wildman–Crippen MR) is 59.9 cm³/mol. The Morgan fingerprint density at radius 2 is 2.19 bits per heavy atom. The van der Waals surface area contributed by atoms with Gasteiger partial charge in [0.15, 0.2) is 0 Å². The molecule has 0 unspecified atom stereocenters. The standard InChI is InChI=1S/C12H12N2O2/c1-16-12-11(8-15)5-10(7-14-12)9-3-2-4-13-6-9/h2-7,15H,8H2,1H3. The molecule has 0 atom stereocenters. The highest BCUT2D eigenvalue weighted by molar-refractivity contribution is 5.62. The number of aliphatic hydroxyl groups is 1. The van der Waals surface area contributed by atoms with Crippen molar-refractivity contribution >= 4 is 0 Å². The van der Waals surface area contributed by atoms with Crippen LogP contribution in [0.25, 0.3) is 11.1 Å². The SMILES string of the molecule is COc1ncc(-c2cccnc2)cc1CO. The van der Waals surface area contributed by atoms with Gasteiger partial charge in [-0.2, -0.15) is 0 Å². The molecule has 0 saturated heterocycles. The van der Waals surface area contributed by atoms with Gasteiger partial charge in [-0.25, -0.2) is 4.98 Å². The lowest BCUT2D eigenvalue weighted by Crippen LogP contribution is -1.95. The molecule has 0 aromatic carbocycles. The molecule has 2 aromatic rings. The second kappa shape index (κ2) is 4.72. The second-order valence-corrected chi connectivity index (χ2v) is 3.29. The van der Waals surface area contributed by atoms with Crippen molar-refractivity contribution in [2.45, 2.75) is 6.61 Å². The molecule has 0 aliphatic rings. The Balaban J connectivity index is 2.44. The molecule has 4 nitrogen and oxygen atoms in total. The van der Waals surface area contributed by atoms with Crippen LogP contribution < -0.4 is 4.74 Å². The van der Waals surface area contributed by atoms with E-state index in [1.807, 2.05) is 18.2 Å². The van der Waals surface area contributed by atoms with E-state index in [4.69, 9.17) is 4.74 Å². The van der Waals surface area contributed by atoms with E-state index in [2.05, 4.69) is 9.97 Å². The minimum absolute atomic E-state index is 0.0930. The lowest BCUT2D eigenvalue weighted by molar-refractivity contribution is 0.271. The molecule has 2 aromatic heterocycles. The zero-order valence-corrected chi connectivity index (χ0v) is 8.92. The number of hydrogen-bond acceptors (Lipinski definition) is 4. The summed E-state index contributed by atoms with van der Waals surface area (Å²) in [6.45, 7) is -0.0930. The summed E-state index contributed by atoms with van der Waals surface area (Å²) in [4.78, 5) is 8.17. The third kappa shape index (κ3) is 2.01. The molecule has 4 heteroatoms. The molecule has 2 heterocycles. The second-order valence-electron chi connectivity index (χ2n) is 3.29. The van der Waals surface area contributed by atoms with Gasteiger partial charge in [-0.05, 0) is 12.1 Å². The highest BCUT2D eigenvalue weighted by Gasteiger charge is 2.06. The van der Waals surface area contributed by atoms with Gasteiger partial charge in [0.2, 0.25) is 5.88 Å². The average molecular weight is 216 g/mol. The Kier molecular flexibility index (Phi) is 3.12. The molecular formula is C12H12N2O2. The summed E-state index contributed by atoms with van der Waals surface area (Å²) in [6.07, 6.45) is 5.17. The van der Waals surface area contributed by atoms with Gasteiger partial charge in [0.25, 0.3) is 0 Å². The Morgan fingerprint density at radius 3 is 2.81 bits per heavy atom. The molecule has 0 bridgehead atoms. The van der Waals surface area contributed by atoms with E-state index in [-0.39, 0.29) is 6.61 Å². The van der Waals surface area contributed by atoms with Gasteiger partial charge in [0.1, 0.15) is 0 Å². The minimum atomic E-state index is -0.0930. The topological polar surface area (TPSA) is 55.2 Å². The van der Waals surface area contributed by atoms with Gasteiger partial charge >= 0.3 is 0 Å². The van der Waals surface area contributed by atoms with Crippen LogP contribution in [0.2, 0.25) is 0 Å². The third-order valence-corrected chi connectivity index (χ3v) is 2.28. The van der Waals surface area contributed by atoms with Gasteiger partial charge in [-0.3, -0.25) is 4.98 Å². The maximum Gasteiger partial charge on any atom is 0.218 e. The van der Waals surface area contributed by atoms with Crippen LogP contribution in [0.1, 0.15) is 5.56 Å². The Bertz CT molecular complexity index is 472. The van der Waals surface area contributed by atoms with Gasteiger partial charge < -0.3 is 9.84 Å². The van der Waals surface area contributed by atoms with Crippen LogP contribution in [0.4, 0.5) is 0 Å². The van der Waals surface area contributed by atoms with Crippen LogP contribution in [-0.4, -0.2) is 22.2 Å². The maximum absolute atomic E-state index is 9.19. The lowest BCUT2D eigenvalue weighted by Gasteiger charge is -2.07. The van der Waals surface area contributed by atoms with E-state index >= 15 is 0 Å². The molecule has 2 rings (SSSR count). The minimum Gasteiger partial charge on any atom is -0.481 e. The van der Waals surface area contributed by atoms with Crippen molar-refractivity contribution in [3.63, 3.8) is 0 Å². The fraction of sp³-hybridized carbons (Fsp3) is 0.167. The monoisotopic (exact) mass is 216 g/mol. The molecule has 82 valence electrons. The zero-order valence-electron chi connectivity index (χ0n) is 8.92. The summed E-state index contributed by atoms with van der Waals surface area (Å²) in [7, 11) is 1.53. The van der Waals surface area contributed by atoms with Crippen LogP contribution in [-0.2, 0) is 6.61 Å². The van der Waals surface area contributed by atoms with Crippen LogP contribution in [0.5, 0.6) is 5.88 Å². The molecular weight excluding hydrogens is 204 g/mol. The number of methoxy groups -OCH3 is 1. The van der Waals surface area contributed by atoms with Crippen molar-refractivity contribution in [3.05, 3.63) is 42.4 Å². The largest absolute Gasteiger partial charge is 0.481 e. The number of nitrogens with zero attached hydrogens (tertiary/aromatic N) is 2. The Morgan fingerprint density at radius 1 is 1.31 bits per heavy atom. The van der Waals surface area contributed by atoms with Gasteiger partial charge in [-0.1, -0.05) is 6.07 Å². The summed E-state index contributed by atoms with van der Waals surface area (Å²) < 4.78 is 5.04. The van der Waals surface area contributed by atoms with Crippen molar-refractivity contribution in [2.24, 2.45) is 0 Å². The number of aliphatic hydroxyl groups excluding tert-OH is 1. The van der Waals surface area contributed by atoms with Crippen molar-refractivity contribution in [1.29, 1.82) is 0 Å². The zero-order chi connectivity index (χ0) is 11.4. The maximum atomic E-state index is 9.19. The fourth-order valence-electron chi connectivity index (χ4n) is 1.49. The first kappa shape index (κ1) is 10.6. The highest BCUT2D eigenvalue weighted by Crippen LogP contribution is 2.23. The molecule has 0 radical (unpaired) electrons. The summed E-state index contributed by atoms with van der Waals surface area (Å²) in [5.74, 6) is 0.454. The van der Waals surface area contributed by atoms with Crippen molar-refractivity contribution < 1.29 is 9.84 Å². The summed E-state index contributed by atoms with van der Waals surface area (Å²) >= 11 is 0. The van der Waals surface area contributed by atoms with Gasteiger partial charge in [0.05, 0.1) is 13.7 Å². The van der Waals surface area contributed by atoms with E-state index in [0.717, 1.165) is 11.1 Å². The summed E-state index contributed by atoms with van der Waals surface area (Å²) in [5.41, 5.74) is 2.55. The third-order valence-electron chi connectivity index (χ3n) is 2.28. The fourth-order valence-corrected chi connectivity index (χ4v) is 1.49. The first-order valence-corrected chi connectivity index (χ1v) is 4.89. The Labute approximate surface area is 93.6 Å². The molecule has 0 spiro atoms. The smallest absolute Gasteiger partial charge is 0.218 e. The average Bonchev–Trinajstić information content (AvgIpc) is 2.39. The van der Waals surface area contributed by atoms with E-state index in [1.165, 1.54) is 7.11 Å². The van der Waals surface area contributed by atoms with E-state index < -0.39 is 0 Å². The van der Waals surface area contributed by atoms with Crippen LogP contribution >= 0.6 is 0 Å². The molecule has 16 heavy (non-hydrogen) atoms. The predicted octanol–water partition coefficient (Wildman–Crippen LogP) is 1.64. The van der Waals surface area contributed by atoms with Crippen molar-refractivity contribution in [1.82, 2.24) is 9.97 Å². The summed E-state index contributed by atoms with van der Waals surface area (Å²) in [5, 5.41) is 9.19. The van der Waals surface area contributed by atoms with Gasteiger partial charge in [-0.15, -0.1) is 0 Å². The molecule has 0 aliphatic carbocycles. The van der Waals surface area contributed by atoms with Crippen LogP contribution in [0.3, 0.4) is 0 Å². The lowest BCUT2D eigenvalue weighted by atomic mass is 10.1. The van der Waals surface area contributed by atoms with Gasteiger partial charge in [0, 0.05) is 35.3 Å². The first-order valence-electron chi connectivity index (χ1n) is 4.89. The molecule has 0 amide bonds. The quantitative estimate of drug-likeness (QED) is 0.847. The Hall–Kier alpha value is -1.94. The first-order chi connectivity index (χ1) is 7.85. The van der Waals surface area contributed by atoms with Crippen LogP contribution in [0.15, 0.2) is 36.8 Å².